The van der Waals surface area contributed by atoms with E-state index < -0.39 is 0 Å². The largest absolute Gasteiger partial charge is 0.375 e. The number of aldehydes is 1. The maximum absolute atomic E-state index is 11.2. The predicted octanol–water partition coefficient (Wildman–Crippen LogP) is 5.71. The molecule has 1 saturated carbocycles. The van der Waals surface area contributed by atoms with Gasteiger partial charge in [0.15, 0.2) is 0 Å². The van der Waals surface area contributed by atoms with Crippen LogP contribution >= 0.6 is 11.3 Å². The molecular formula is C30H36N6O2S. The van der Waals surface area contributed by atoms with Gasteiger partial charge in [-0.2, -0.15) is 0 Å². The second kappa shape index (κ2) is 11.9. The summed E-state index contributed by atoms with van der Waals surface area (Å²) in [5.74, 6) is 0.802. The van der Waals surface area contributed by atoms with Crippen LogP contribution < -0.4 is 9.80 Å². The van der Waals surface area contributed by atoms with E-state index in [4.69, 9.17) is 14.7 Å². The van der Waals surface area contributed by atoms with Crippen LogP contribution in [0, 0.1) is 0 Å². The first kappa shape index (κ1) is 26.1. The molecule has 2 fully saturated rings. The quantitative estimate of drug-likeness (QED) is 0.350. The molecule has 204 valence electrons. The van der Waals surface area contributed by atoms with Crippen LogP contribution in [0.5, 0.6) is 0 Å². The van der Waals surface area contributed by atoms with Crippen LogP contribution in [0.1, 0.15) is 58.3 Å². The summed E-state index contributed by atoms with van der Waals surface area (Å²) in [6.07, 6.45) is 15.0. The molecule has 2 aliphatic heterocycles. The number of carbonyl (C=O) groups excluding carboxylic acids is 1. The highest BCUT2D eigenvalue weighted by atomic mass is 32.1. The first-order valence-corrected chi connectivity index (χ1v) is 15.0. The monoisotopic (exact) mass is 544 g/mol. The van der Waals surface area contributed by atoms with Crippen LogP contribution in [0.2, 0.25) is 0 Å². The van der Waals surface area contributed by atoms with Gasteiger partial charge in [0.2, 0.25) is 11.1 Å². The van der Waals surface area contributed by atoms with Gasteiger partial charge in [-0.1, -0.05) is 54.9 Å². The van der Waals surface area contributed by atoms with Gasteiger partial charge in [-0.3, -0.25) is 4.79 Å². The summed E-state index contributed by atoms with van der Waals surface area (Å²) in [6, 6.07) is 8.34. The van der Waals surface area contributed by atoms with E-state index in [0.717, 1.165) is 95.7 Å². The van der Waals surface area contributed by atoms with Crippen molar-refractivity contribution < 1.29 is 9.53 Å². The lowest BCUT2D eigenvalue weighted by Gasteiger charge is -2.34. The molecule has 6 rings (SSSR count). The molecule has 39 heavy (non-hydrogen) atoms. The molecule has 0 radical (unpaired) electrons. The predicted molar refractivity (Wildman–Crippen MR) is 155 cm³/mol. The zero-order chi connectivity index (χ0) is 26.6. The molecule has 0 amide bonds. The fourth-order valence-corrected chi connectivity index (χ4v) is 6.70. The molecule has 1 aromatic carbocycles. The number of hydrogen-bond donors (Lipinski definition) is 0. The molecule has 0 bridgehead atoms. The van der Waals surface area contributed by atoms with Gasteiger partial charge >= 0.3 is 0 Å². The van der Waals surface area contributed by atoms with E-state index in [2.05, 4.69) is 44.3 Å². The summed E-state index contributed by atoms with van der Waals surface area (Å²) in [5.41, 5.74) is 5.13. The number of nitrogens with zero attached hydrogens (tertiary/aromatic N) is 6. The SMILES string of the molecule is CC1=C(C=O)CCN(c2nnc(-c3ccc(-c4cnc(N5CCC(OC6CCCCC6)CC5)nc4)cc3)s2)C1. The normalized spacial score (nSPS) is 19.5. The molecule has 2 aromatic heterocycles. The highest BCUT2D eigenvalue weighted by Gasteiger charge is 2.25. The molecule has 3 aromatic rings. The van der Waals surface area contributed by atoms with E-state index in [1.807, 2.05) is 19.3 Å². The summed E-state index contributed by atoms with van der Waals surface area (Å²) in [6.45, 7) is 5.43. The van der Waals surface area contributed by atoms with Crippen molar-refractivity contribution in [1.29, 1.82) is 0 Å². The van der Waals surface area contributed by atoms with Crippen molar-refractivity contribution in [2.45, 2.75) is 70.5 Å². The number of anilines is 2. The molecule has 0 unspecified atom stereocenters. The Kier molecular flexibility index (Phi) is 7.97. The van der Waals surface area contributed by atoms with Crippen molar-refractivity contribution in [3.8, 4) is 21.7 Å². The molecule has 0 N–H and O–H groups in total. The molecule has 0 spiro atoms. The summed E-state index contributed by atoms with van der Waals surface area (Å²) < 4.78 is 6.39. The summed E-state index contributed by atoms with van der Waals surface area (Å²) in [5, 5.41) is 10.6. The average molecular weight is 545 g/mol. The maximum atomic E-state index is 11.2. The third-order valence-electron chi connectivity index (χ3n) is 8.22. The van der Waals surface area contributed by atoms with Crippen molar-refractivity contribution in [3.05, 3.63) is 47.8 Å². The Labute approximate surface area is 234 Å². The molecule has 1 aliphatic carbocycles. The van der Waals surface area contributed by atoms with E-state index in [0.29, 0.717) is 12.2 Å². The smallest absolute Gasteiger partial charge is 0.225 e. The van der Waals surface area contributed by atoms with Gasteiger partial charge in [0.1, 0.15) is 11.3 Å². The number of hydrogen-bond acceptors (Lipinski definition) is 9. The highest BCUT2D eigenvalue weighted by molar-refractivity contribution is 7.18. The van der Waals surface area contributed by atoms with Crippen LogP contribution in [0.25, 0.3) is 21.7 Å². The van der Waals surface area contributed by atoms with Gasteiger partial charge in [-0.15, -0.1) is 10.2 Å². The Bertz CT molecular complexity index is 1290. The molecule has 8 nitrogen and oxygen atoms in total. The topological polar surface area (TPSA) is 84.3 Å². The van der Waals surface area contributed by atoms with Crippen molar-refractivity contribution in [1.82, 2.24) is 20.2 Å². The van der Waals surface area contributed by atoms with Crippen molar-refractivity contribution in [2.24, 2.45) is 0 Å². The van der Waals surface area contributed by atoms with Gasteiger partial charge in [-0.25, -0.2) is 9.97 Å². The standard InChI is InChI=1S/C30H36N6O2S/c1-21-19-36(14-11-24(21)20-37)30-34-33-28(39-30)23-9-7-22(8-10-23)25-17-31-29(32-18-25)35-15-12-27(13-16-35)38-26-5-3-2-4-6-26/h7-10,17-18,20,26-27H,2-6,11-16,19H2,1H3. The summed E-state index contributed by atoms with van der Waals surface area (Å²) in [7, 11) is 0. The minimum atomic E-state index is 0.377. The lowest BCUT2D eigenvalue weighted by Crippen LogP contribution is -2.39. The fraction of sp³-hybridized carbons (Fsp3) is 0.500. The van der Waals surface area contributed by atoms with E-state index in [1.54, 1.807) is 11.3 Å². The maximum Gasteiger partial charge on any atom is 0.225 e. The van der Waals surface area contributed by atoms with Gasteiger partial charge in [0.25, 0.3) is 0 Å². The Balaban J connectivity index is 1.04. The third kappa shape index (κ3) is 6.04. The lowest BCUT2D eigenvalue weighted by molar-refractivity contribution is -0.105. The lowest BCUT2D eigenvalue weighted by atomic mass is 9.97. The van der Waals surface area contributed by atoms with Crippen LogP contribution in [0.4, 0.5) is 11.1 Å². The van der Waals surface area contributed by atoms with Gasteiger partial charge in [0.05, 0.1) is 12.2 Å². The van der Waals surface area contributed by atoms with Gasteiger partial charge < -0.3 is 14.5 Å². The number of aromatic nitrogens is 4. The Morgan fingerprint density at radius 1 is 0.846 bits per heavy atom. The summed E-state index contributed by atoms with van der Waals surface area (Å²) in [4.78, 5) is 25.0. The van der Waals surface area contributed by atoms with Crippen LogP contribution in [0.15, 0.2) is 47.8 Å². The zero-order valence-corrected chi connectivity index (χ0v) is 23.4. The Hall–Kier alpha value is -3.17. The van der Waals surface area contributed by atoms with E-state index in [9.17, 15) is 4.79 Å². The van der Waals surface area contributed by atoms with Gasteiger partial charge in [-0.05, 0) is 55.7 Å². The third-order valence-corrected chi connectivity index (χ3v) is 9.25. The van der Waals surface area contributed by atoms with Crippen LogP contribution in [-0.2, 0) is 9.53 Å². The van der Waals surface area contributed by atoms with E-state index >= 15 is 0 Å². The summed E-state index contributed by atoms with van der Waals surface area (Å²) >= 11 is 1.59. The van der Waals surface area contributed by atoms with Crippen molar-refractivity contribution >= 4 is 28.7 Å². The minimum Gasteiger partial charge on any atom is -0.375 e. The van der Waals surface area contributed by atoms with E-state index in [-0.39, 0.29) is 0 Å². The average Bonchev–Trinajstić information content (AvgIpc) is 3.49. The molecular weight excluding hydrogens is 508 g/mol. The fourth-order valence-electron chi connectivity index (χ4n) is 5.82. The number of benzene rings is 1. The Morgan fingerprint density at radius 3 is 2.23 bits per heavy atom. The van der Waals surface area contributed by atoms with Gasteiger partial charge in [0, 0.05) is 49.7 Å². The number of rotatable bonds is 7. The first-order valence-electron chi connectivity index (χ1n) is 14.2. The van der Waals surface area contributed by atoms with E-state index in [1.165, 1.54) is 32.1 Å². The second-order valence-electron chi connectivity index (χ2n) is 10.9. The highest BCUT2D eigenvalue weighted by Crippen LogP contribution is 2.32. The molecule has 3 aliphatic rings. The van der Waals surface area contributed by atoms with Crippen LogP contribution in [-0.4, -0.2) is 64.8 Å². The number of carbonyl (C=O) groups is 1. The second-order valence-corrected chi connectivity index (χ2v) is 11.9. The molecule has 9 heteroatoms. The Morgan fingerprint density at radius 2 is 1.54 bits per heavy atom. The van der Waals surface area contributed by atoms with Crippen molar-refractivity contribution in [3.63, 3.8) is 0 Å². The minimum absolute atomic E-state index is 0.377. The first-order chi connectivity index (χ1) is 19.2. The number of piperidine rings is 1. The molecule has 1 saturated heterocycles. The van der Waals surface area contributed by atoms with Crippen molar-refractivity contribution in [2.75, 3.05) is 36.0 Å². The van der Waals surface area contributed by atoms with Crippen LogP contribution in [0.3, 0.4) is 0 Å². The molecule has 4 heterocycles. The zero-order valence-electron chi connectivity index (χ0n) is 22.6. The number of ether oxygens (including phenoxy) is 1. The molecule has 0 atom stereocenters.